The normalized spacial score (nSPS) is 20.3. The Bertz CT molecular complexity index is 696. The summed E-state index contributed by atoms with van der Waals surface area (Å²) >= 11 is 0. The van der Waals surface area contributed by atoms with Crippen LogP contribution >= 0.6 is 0 Å². The van der Waals surface area contributed by atoms with Gasteiger partial charge in [-0.05, 0) is 31.0 Å². The topological polar surface area (TPSA) is 41.2 Å². The number of imidazole rings is 1. The van der Waals surface area contributed by atoms with Crippen molar-refractivity contribution in [2.45, 2.75) is 32.5 Å². The van der Waals surface area contributed by atoms with Crippen molar-refractivity contribution in [2.24, 2.45) is 0 Å². The molecule has 1 fully saturated rings. The highest BCUT2D eigenvalue weighted by atomic mass is 19.4. The number of nitrogens with one attached hydrogen (secondary N) is 1. The summed E-state index contributed by atoms with van der Waals surface area (Å²) in [6.07, 6.45) is -5.39. The highest BCUT2D eigenvalue weighted by Crippen LogP contribution is 2.26. The van der Waals surface area contributed by atoms with Crippen molar-refractivity contribution >= 4 is 11.0 Å². The second-order valence-electron chi connectivity index (χ2n) is 6.04. The third kappa shape index (κ3) is 3.50. The van der Waals surface area contributed by atoms with Crippen LogP contribution in [-0.2, 0) is 11.2 Å². The van der Waals surface area contributed by atoms with Gasteiger partial charge < -0.3 is 9.72 Å². The number of alkyl halides is 3. The average molecular weight is 327 g/mol. The molecule has 1 aromatic carbocycles. The minimum absolute atomic E-state index is 0.109. The number of nitrogens with zero attached hydrogens (tertiary/aromatic N) is 2. The fourth-order valence-corrected chi connectivity index (χ4v) is 2.85. The van der Waals surface area contributed by atoms with Crippen LogP contribution in [0.15, 0.2) is 12.1 Å². The molecule has 3 rings (SSSR count). The van der Waals surface area contributed by atoms with Crippen LogP contribution < -0.4 is 0 Å². The molecule has 0 saturated carbocycles. The summed E-state index contributed by atoms with van der Waals surface area (Å²) in [4.78, 5) is 9.63. The van der Waals surface area contributed by atoms with E-state index < -0.39 is 12.3 Å². The van der Waals surface area contributed by atoms with Crippen molar-refractivity contribution in [3.63, 3.8) is 0 Å². The largest absolute Gasteiger partial charge is 0.415 e. The van der Waals surface area contributed by atoms with E-state index in [1.807, 2.05) is 26.0 Å². The summed E-state index contributed by atoms with van der Waals surface area (Å²) in [7, 11) is 0. The molecule has 126 valence electrons. The lowest BCUT2D eigenvalue weighted by Gasteiger charge is -2.33. The highest BCUT2D eigenvalue weighted by molar-refractivity contribution is 5.79. The van der Waals surface area contributed by atoms with Gasteiger partial charge in [0, 0.05) is 26.1 Å². The molecule has 1 aliphatic heterocycles. The highest BCUT2D eigenvalue weighted by Gasteiger charge is 2.43. The van der Waals surface area contributed by atoms with Gasteiger partial charge in [-0.15, -0.1) is 0 Å². The maximum atomic E-state index is 12.7. The van der Waals surface area contributed by atoms with Crippen LogP contribution in [0.4, 0.5) is 13.2 Å². The van der Waals surface area contributed by atoms with E-state index in [9.17, 15) is 13.2 Å². The first-order chi connectivity index (χ1) is 10.8. The Labute approximate surface area is 132 Å². The first-order valence-corrected chi connectivity index (χ1v) is 7.70. The maximum absolute atomic E-state index is 12.7. The molecule has 1 unspecified atom stereocenters. The average Bonchev–Trinajstić information content (AvgIpc) is 2.92. The number of halogens is 3. The summed E-state index contributed by atoms with van der Waals surface area (Å²) in [5.41, 5.74) is 4.22. The zero-order chi connectivity index (χ0) is 16.6. The van der Waals surface area contributed by atoms with E-state index in [-0.39, 0.29) is 13.2 Å². The van der Waals surface area contributed by atoms with Gasteiger partial charge in [0.25, 0.3) is 0 Å². The van der Waals surface area contributed by atoms with Gasteiger partial charge in [-0.3, -0.25) is 4.90 Å². The molecule has 23 heavy (non-hydrogen) atoms. The third-order valence-corrected chi connectivity index (χ3v) is 4.41. The van der Waals surface area contributed by atoms with Crippen LogP contribution in [0, 0.1) is 13.8 Å². The Balaban J connectivity index is 1.65. The van der Waals surface area contributed by atoms with E-state index in [2.05, 4.69) is 9.97 Å². The summed E-state index contributed by atoms with van der Waals surface area (Å²) in [6.45, 7) is 5.12. The zero-order valence-corrected chi connectivity index (χ0v) is 13.2. The Morgan fingerprint density at radius 3 is 2.87 bits per heavy atom. The molecule has 0 bridgehead atoms. The van der Waals surface area contributed by atoms with Crippen molar-refractivity contribution in [2.75, 3.05) is 26.2 Å². The molecule has 0 spiro atoms. The van der Waals surface area contributed by atoms with Gasteiger partial charge in [0.1, 0.15) is 5.82 Å². The van der Waals surface area contributed by atoms with Gasteiger partial charge in [-0.25, -0.2) is 4.98 Å². The molecule has 2 heterocycles. The fourth-order valence-electron chi connectivity index (χ4n) is 2.85. The summed E-state index contributed by atoms with van der Waals surface area (Å²) in [5.74, 6) is 0.809. The summed E-state index contributed by atoms with van der Waals surface area (Å²) in [6, 6.07) is 4.03. The van der Waals surface area contributed by atoms with E-state index >= 15 is 0 Å². The molecule has 0 amide bonds. The molecular weight excluding hydrogens is 307 g/mol. The number of morpholine rings is 1. The molecule has 1 N–H and O–H groups in total. The van der Waals surface area contributed by atoms with Crippen LogP contribution in [-0.4, -0.2) is 53.4 Å². The lowest BCUT2D eigenvalue weighted by atomic mass is 10.1. The molecule has 2 aromatic rings. The number of aromatic amines is 1. The van der Waals surface area contributed by atoms with E-state index in [1.165, 1.54) is 5.56 Å². The summed E-state index contributed by atoms with van der Waals surface area (Å²) in [5, 5.41) is 0. The molecular formula is C16H20F3N3O. The van der Waals surface area contributed by atoms with E-state index in [0.717, 1.165) is 22.4 Å². The Morgan fingerprint density at radius 1 is 1.35 bits per heavy atom. The number of rotatable bonds is 3. The molecule has 0 radical (unpaired) electrons. The lowest BCUT2D eigenvalue weighted by molar-refractivity contribution is -0.237. The van der Waals surface area contributed by atoms with Crippen LogP contribution in [0.1, 0.15) is 17.0 Å². The number of aromatic nitrogens is 2. The van der Waals surface area contributed by atoms with Crippen LogP contribution in [0.25, 0.3) is 11.0 Å². The monoisotopic (exact) mass is 327 g/mol. The van der Waals surface area contributed by atoms with Gasteiger partial charge in [0.05, 0.1) is 17.6 Å². The fraction of sp³-hybridized carbons (Fsp3) is 0.562. The van der Waals surface area contributed by atoms with Crippen molar-refractivity contribution < 1.29 is 17.9 Å². The van der Waals surface area contributed by atoms with Crippen molar-refractivity contribution in [3.05, 3.63) is 29.1 Å². The number of ether oxygens (including phenoxy) is 1. The second-order valence-corrected chi connectivity index (χ2v) is 6.04. The predicted molar refractivity (Wildman–Crippen MR) is 81.5 cm³/mol. The Kier molecular flexibility index (Phi) is 4.33. The molecule has 1 saturated heterocycles. The first kappa shape index (κ1) is 16.3. The van der Waals surface area contributed by atoms with Gasteiger partial charge >= 0.3 is 6.18 Å². The van der Waals surface area contributed by atoms with Gasteiger partial charge in [0.15, 0.2) is 6.10 Å². The zero-order valence-electron chi connectivity index (χ0n) is 13.2. The maximum Gasteiger partial charge on any atom is 0.415 e. The second kappa shape index (κ2) is 6.13. The number of hydrogen-bond donors (Lipinski definition) is 1. The van der Waals surface area contributed by atoms with Crippen molar-refractivity contribution in [1.29, 1.82) is 0 Å². The van der Waals surface area contributed by atoms with Gasteiger partial charge in [-0.2, -0.15) is 13.2 Å². The first-order valence-electron chi connectivity index (χ1n) is 7.70. The Morgan fingerprint density at radius 2 is 2.13 bits per heavy atom. The minimum atomic E-state index is -4.30. The smallest absolute Gasteiger partial charge is 0.366 e. The number of fused-ring (bicyclic) bond motifs is 1. The Hall–Kier alpha value is -1.60. The third-order valence-electron chi connectivity index (χ3n) is 4.41. The molecule has 7 heteroatoms. The standard InChI is InChI=1S/C16H20F3N3O/c1-10-3-4-12-15(11(10)2)21-14(20-12)5-6-22-7-8-23-13(9-22)16(17,18)19/h3-4,13H,5-9H2,1-2H3,(H,20,21). The molecule has 4 nitrogen and oxygen atoms in total. The number of hydrogen-bond acceptors (Lipinski definition) is 3. The van der Waals surface area contributed by atoms with Crippen LogP contribution in [0.2, 0.25) is 0 Å². The van der Waals surface area contributed by atoms with Crippen LogP contribution in [0.5, 0.6) is 0 Å². The van der Waals surface area contributed by atoms with Crippen LogP contribution in [0.3, 0.4) is 0 Å². The van der Waals surface area contributed by atoms with Gasteiger partial charge in [-0.1, -0.05) is 6.07 Å². The molecule has 1 atom stereocenters. The van der Waals surface area contributed by atoms with E-state index in [4.69, 9.17) is 4.74 Å². The molecule has 1 aliphatic rings. The quantitative estimate of drug-likeness (QED) is 0.942. The van der Waals surface area contributed by atoms with E-state index in [1.54, 1.807) is 4.90 Å². The molecule has 0 aliphatic carbocycles. The number of benzene rings is 1. The van der Waals surface area contributed by atoms with Gasteiger partial charge in [0.2, 0.25) is 0 Å². The molecule has 1 aromatic heterocycles. The summed E-state index contributed by atoms with van der Waals surface area (Å²) < 4.78 is 43.0. The minimum Gasteiger partial charge on any atom is -0.366 e. The van der Waals surface area contributed by atoms with Crippen molar-refractivity contribution in [1.82, 2.24) is 14.9 Å². The van der Waals surface area contributed by atoms with Crippen molar-refractivity contribution in [3.8, 4) is 0 Å². The van der Waals surface area contributed by atoms with E-state index in [0.29, 0.717) is 19.5 Å². The predicted octanol–water partition coefficient (Wildman–Crippen LogP) is 2.99. The lowest BCUT2D eigenvalue weighted by Crippen LogP contribution is -2.49. The SMILES string of the molecule is Cc1ccc2[nH]c(CCN3CCOC(C(F)(F)F)C3)nc2c1C. The number of aryl methyl sites for hydroxylation is 2. The number of H-pyrrole nitrogens is 1.